The van der Waals surface area contributed by atoms with E-state index in [9.17, 15) is 24.2 Å². The molecular weight excluding hydrogens is 401 g/mol. The predicted octanol–water partition coefficient (Wildman–Crippen LogP) is 2.44. The first kappa shape index (κ1) is 20.5. The van der Waals surface area contributed by atoms with Gasteiger partial charge in [0.1, 0.15) is 5.82 Å². The fourth-order valence-corrected chi connectivity index (χ4v) is 6.23. The molecule has 3 aliphatic heterocycles. The molecule has 1 aliphatic carbocycles. The van der Waals surface area contributed by atoms with Crippen LogP contribution in [0, 0.1) is 23.6 Å². The van der Waals surface area contributed by atoms with E-state index in [1.54, 1.807) is 12.1 Å². The van der Waals surface area contributed by atoms with Crippen LogP contribution < -0.4 is 10.2 Å². The Labute approximate surface area is 181 Å². The second-order valence-corrected chi connectivity index (χ2v) is 9.58. The zero-order valence-corrected chi connectivity index (χ0v) is 17.5. The molecule has 4 fully saturated rings. The summed E-state index contributed by atoms with van der Waals surface area (Å²) in [5.74, 6) is -0.608. The van der Waals surface area contributed by atoms with Crippen molar-refractivity contribution in [1.82, 2.24) is 10.2 Å². The van der Waals surface area contributed by atoms with Gasteiger partial charge in [0.25, 0.3) is 0 Å². The molecule has 0 aromatic heterocycles. The Bertz CT molecular complexity index is 863. The number of halogens is 1. The van der Waals surface area contributed by atoms with Gasteiger partial charge in [0.05, 0.1) is 23.9 Å². The maximum absolute atomic E-state index is 14.4. The number of nitrogens with one attached hydrogen (secondary N) is 1. The van der Waals surface area contributed by atoms with Gasteiger partial charge in [0.2, 0.25) is 5.91 Å². The normalized spacial score (nSPS) is 35.2. The number of hydrogen-bond acceptors (Lipinski definition) is 4. The molecule has 168 valence electrons. The molecule has 31 heavy (non-hydrogen) atoms. The van der Waals surface area contributed by atoms with E-state index in [-0.39, 0.29) is 41.6 Å². The number of hydrogen-bond donors (Lipinski definition) is 3. The quantitative estimate of drug-likeness (QED) is 0.681. The molecule has 1 aromatic carbocycles. The predicted molar refractivity (Wildman–Crippen MR) is 112 cm³/mol. The van der Waals surface area contributed by atoms with E-state index in [0.29, 0.717) is 25.1 Å². The first-order chi connectivity index (χ1) is 15.0. The van der Waals surface area contributed by atoms with Crippen LogP contribution in [0.3, 0.4) is 0 Å². The van der Waals surface area contributed by atoms with Gasteiger partial charge >= 0.3 is 6.09 Å². The molecule has 6 unspecified atom stereocenters. The van der Waals surface area contributed by atoms with E-state index < -0.39 is 18.2 Å². The molecule has 2 amide bonds. The number of benzene rings is 1. The number of nitrogens with zero attached hydrogens (tertiary/aromatic N) is 2. The third-order valence-electron chi connectivity index (χ3n) is 7.77. The summed E-state index contributed by atoms with van der Waals surface area (Å²) in [6, 6.07) is 5.46. The van der Waals surface area contributed by atoms with Crippen molar-refractivity contribution in [2.75, 3.05) is 18.0 Å². The Kier molecular flexibility index (Phi) is 5.28. The summed E-state index contributed by atoms with van der Waals surface area (Å²) in [6.45, 7) is 1.30. The first-order valence-corrected chi connectivity index (χ1v) is 11.4. The molecule has 8 heteroatoms. The van der Waals surface area contributed by atoms with Gasteiger partial charge in [-0.1, -0.05) is 12.1 Å². The van der Waals surface area contributed by atoms with Crippen molar-refractivity contribution >= 4 is 17.7 Å². The molecule has 7 nitrogen and oxygen atoms in total. The molecular formula is C23H30FN3O4. The third-order valence-corrected chi connectivity index (χ3v) is 7.77. The molecule has 0 radical (unpaired) electrons. The first-order valence-electron chi connectivity index (χ1n) is 11.4. The summed E-state index contributed by atoms with van der Waals surface area (Å²) in [5.41, 5.74) is 0.551. The molecule has 0 spiro atoms. The molecule has 6 atom stereocenters. The van der Waals surface area contributed by atoms with Crippen molar-refractivity contribution in [3.63, 3.8) is 0 Å². The lowest BCUT2D eigenvalue weighted by molar-refractivity contribution is -0.127. The molecule has 1 saturated carbocycles. The van der Waals surface area contributed by atoms with Crippen LogP contribution in [0.5, 0.6) is 0 Å². The van der Waals surface area contributed by atoms with Crippen LogP contribution in [0.4, 0.5) is 14.9 Å². The second-order valence-electron chi connectivity index (χ2n) is 9.58. The van der Waals surface area contributed by atoms with E-state index >= 15 is 0 Å². The third kappa shape index (κ3) is 3.64. The standard InChI is InChI=1S/C23H30FN3O4/c24-15-5-1-2-6-16(15)26-11-3-4-14(12-26)19-17-9-10-18(27(17)23(30)31)20(21(19)28)25-22(29)13-7-8-13/h1-2,5-6,13-14,17-21,28H,3-4,7-12H2,(H,25,29)(H,30,31). The van der Waals surface area contributed by atoms with Gasteiger partial charge < -0.3 is 20.4 Å². The molecule has 3 N–H and O–H groups in total. The minimum atomic E-state index is -0.989. The highest BCUT2D eigenvalue weighted by molar-refractivity contribution is 5.81. The summed E-state index contributed by atoms with van der Waals surface area (Å²) in [5, 5.41) is 24.3. The number of fused-ring (bicyclic) bond motifs is 2. The Balaban J connectivity index is 1.41. The van der Waals surface area contributed by atoms with Gasteiger partial charge in [-0.15, -0.1) is 0 Å². The van der Waals surface area contributed by atoms with E-state index in [2.05, 4.69) is 5.32 Å². The summed E-state index contributed by atoms with van der Waals surface area (Å²) in [6.07, 6.45) is 2.95. The SMILES string of the molecule is O=C(NC1C(O)C(C2CCCN(c3ccccc3F)C2)C2CCC1N2C(=O)O)C1CC1. The zero-order valence-electron chi connectivity index (χ0n) is 17.5. The zero-order chi connectivity index (χ0) is 21.7. The lowest BCUT2D eigenvalue weighted by atomic mass is 9.73. The number of anilines is 1. The van der Waals surface area contributed by atoms with Crippen LogP contribution in [0.2, 0.25) is 0 Å². The molecule has 3 heterocycles. The van der Waals surface area contributed by atoms with Crippen molar-refractivity contribution in [2.45, 2.75) is 62.8 Å². The molecule has 5 rings (SSSR count). The van der Waals surface area contributed by atoms with E-state index in [1.165, 1.54) is 11.0 Å². The Morgan fingerprint density at radius 2 is 1.81 bits per heavy atom. The fraction of sp³-hybridized carbons (Fsp3) is 0.652. The average molecular weight is 432 g/mol. The lowest BCUT2D eigenvalue weighted by Crippen LogP contribution is -2.67. The summed E-state index contributed by atoms with van der Waals surface area (Å²) in [7, 11) is 0. The Hall–Kier alpha value is -2.35. The lowest BCUT2D eigenvalue weighted by Gasteiger charge is -2.50. The van der Waals surface area contributed by atoms with E-state index in [0.717, 1.165) is 32.2 Å². The molecule has 1 aromatic rings. The largest absolute Gasteiger partial charge is 0.465 e. The topological polar surface area (TPSA) is 93.1 Å². The number of amides is 2. The summed E-state index contributed by atoms with van der Waals surface area (Å²) < 4.78 is 14.4. The number of carbonyl (C=O) groups excluding carboxylic acids is 1. The second kappa shape index (κ2) is 7.97. The van der Waals surface area contributed by atoms with Crippen molar-refractivity contribution in [2.24, 2.45) is 17.8 Å². The highest BCUT2D eigenvalue weighted by Crippen LogP contribution is 2.45. The number of para-hydroxylation sites is 1. The highest BCUT2D eigenvalue weighted by Gasteiger charge is 2.57. The van der Waals surface area contributed by atoms with Gasteiger partial charge in [-0.05, 0) is 56.6 Å². The van der Waals surface area contributed by atoms with Crippen LogP contribution in [-0.2, 0) is 4.79 Å². The maximum atomic E-state index is 14.4. The molecule has 2 bridgehead atoms. The van der Waals surface area contributed by atoms with Crippen molar-refractivity contribution in [3.05, 3.63) is 30.1 Å². The van der Waals surface area contributed by atoms with Gasteiger partial charge in [-0.2, -0.15) is 0 Å². The number of aliphatic hydroxyl groups is 1. The summed E-state index contributed by atoms with van der Waals surface area (Å²) >= 11 is 0. The number of carbonyl (C=O) groups is 2. The van der Waals surface area contributed by atoms with Crippen LogP contribution >= 0.6 is 0 Å². The number of rotatable bonds is 4. The van der Waals surface area contributed by atoms with Gasteiger partial charge in [-0.3, -0.25) is 9.69 Å². The molecule has 3 saturated heterocycles. The maximum Gasteiger partial charge on any atom is 0.407 e. The van der Waals surface area contributed by atoms with Crippen LogP contribution in [0.25, 0.3) is 0 Å². The van der Waals surface area contributed by atoms with Gasteiger partial charge in [0, 0.05) is 31.0 Å². The Morgan fingerprint density at radius 1 is 1.06 bits per heavy atom. The van der Waals surface area contributed by atoms with Crippen LogP contribution in [-0.4, -0.2) is 64.4 Å². The van der Waals surface area contributed by atoms with Gasteiger partial charge in [-0.25, -0.2) is 9.18 Å². The van der Waals surface area contributed by atoms with Crippen molar-refractivity contribution < 1.29 is 24.2 Å². The van der Waals surface area contributed by atoms with E-state index in [1.807, 2.05) is 11.0 Å². The minimum Gasteiger partial charge on any atom is -0.465 e. The summed E-state index contributed by atoms with van der Waals surface area (Å²) in [4.78, 5) is 28.1. The minimum absolute atomic E-state index is 0.00529. The number of aliphatic hydroxyl groups excluding tert-OH is 1. The van der Waals surface area contributed by atoms with Crippen molar-refractivity contribution in [1.29, 1.82) is 0 Å². The number of piperidine rings is 2. The monoisotopic (exact) mass is 431 g/mol. The number of carboxylic acid groups (broad SMARTS) is 1. The van der Waals surface area contributed by atoms with E-state index in [4.69, 9.17) is 0 Å². The van der Waals surface area contributed by atoms with Crippen molar-refractivity contribution in [3.8, 4) is 0 Å². The highest BCUT2D eigenvalue weighted by atomic mass is 19.1. The average Bonchev–Trinajstić information content (AvgIpc) is 3.54. The van der Waals surface area contributed by atoms with Crippen LogP contribution in [0.1, 0.15) is 38.5 Å². The van der Waals surface area contributed by atoms with Crippen LogP contribution in [0.15, 0.2) is 24.3 Å². The molecule has 4 aliphatic rings. The van der Waals surface area contributed by atoms with Gasteiger partial charge in [0.15, 0.2) is 0 Å². The Morgan fingerprint density at radius 3 is 2.52 bits per heavy atom. The smallest absolute Gasteiger partial charge is 0.407 e. The fourth-order valence-electron chi connectivity index (χ4n) is 6.23.